The van der Waals surface area contributed by atoms with Gasteiger partial charge >= 0.3 is 0 Å². The molecule has 0 unspecified atom stereocenters. The van der Waals surface area contributed by atoms with Gasteiger partial charge in [0.25, 0.3) is 0 Å². The summed E-state index contributed by atoms with van der Waals surface area (Å²) in [6.07, 6.45) is 6.75. The summed E-state index contributed by atoms with van der Waals surface area (Å²) < 4.78 is 0. The quantitative estimate of drug-likeness (QED) is 0.607. The van der Waals surface area contributed by atoms with E-state index in [1.54, 1.807) is 0 Å². The summed E-state index contributed by atoms with van der Waals surface area (Å²) in [5.41, 5.74) is 2.04. The second-order valence-electron chi connectivity index (χ2n) is 5.25. The van der Waals surface area contributed by atoms with Crippen LogP contribution in [0.5, 0.6) is 0 Å². The Kier molecular flexibility index (Phi) is 4.67. The predicted octanol–water partition coefficient (Wildman–Crippen LogP) is 4.90. The third kappa shape index (κ3) is 5.43. The molecule has 0 bridgehead atoms. The van der Waals surface area contributed by atoms with Crippen molar-refractivity contribution in [1.82, 2.24) is 0 Å². The number of hydrogen-bond donors (Lipinski definition) is 0. The SMILES string of the molecule is CC(C)(C)CCCCCc1ccsc1. The minimum atomic E-state index is 0.516. The van der Waals surface area contributed by atoms with Crippen LogP contribution in [0.15, 0.2) is 16.8 Å². The third-order valence-corrected chi connectivity index (χ3v) is 3.20. The Bertz CT molecular complexity index is 228. The lowest BCUT2D eigenvalue weighted by atomic mass is 9.89. The number of unbranched alkanes of at least 4 members (excludes halogenated alkanes) is 2. The van der Waals surface area contributed by atoms with Crippen LogP contribution < -0.4 is 0 Å². The molecule has 0 atom stereocenters. The second kappa shape index (κ2) is 5.55. The lowest BCUT2D eigenvalue weighted by molar-refractivity contribution is 0.358. The van der Waals surface area contributed by atoms with Gasteiger partial charge in [0.15, 0.2) is 0 Å². The molecule has 0 aromatic carbocycles. The molecule has 14 heavy (non-hydrogen) atoms. The smallest absolute Gasteiger partial charge is 0.00613 e. The van der Waals surface area contributed by atoms with E-state index < -0.39 is 0 Å². The maximum atomic E-state index is 2.33. The fourth-order valence-electron chi connectivity index (χ4n) is 1.60. The van der Waals surface area contributed by atoms with Gasteiger partial charge in [-0.15, -0.1) is 0 Å². The Labute approximate surface area is 92.4 Å². The van der Waals surface area contributed by atoms with E-state index in [1.165, 1.54) is 37.7 Å². The van der Waals surface area contributed by atoms with Gasteiger partial charge in [-0.2, -0.15) is 11.3 Å². The molecule has 0 spiro atoms. The first-order chi connectivity index (χ1) is 6.58. The lowest BCUT2D eigenvalue weighted by Crippen LogP contribution is -2.03. The van der Waals surface area contributed by atoms with Gasteiger partial charge in [-0.05, 0) is 47.1 Å². The maximum absolute atomic E-state index is 2.33. The zero-order valence-corrected chi connectivity index (χ0v) is 10.5. The Morgan fingerprint density at radius 2 is 1.93 bits per heavy atom. The summed E-state index contributed by atoms with van der Waals surface area (Å²) in [5, 5.41) is 4.44. The predicted molar refractivity (Wildman–Crippen MR) is 65.9 cm³/mol. The summed E-state index contributed by atoms with van der Waals surface area (Å²) in [6.45, 7) is 6.98. The van der Waals surface area contributed by atoms with Crippen molar-refractivity contribution >= 4 is 11.3 Å². The van der Waals surface area contributed by atoms with Gasteiger partial charge in [0.2, 0.25) is 0 Å². The van der Waals surface area contributed by atoms with Gasteiger partial charge in [0.05, 0.1) is 0 Å². The Morgan fingerprint density at radius 1 is 1.14 bits per heavy atom. The van der Waals surface area contributed by atoms with Crippen molar-refractivity contribution < 1.29 is 0 Å². The summed E-state index contributed by atoms with van der Waals surface area (Å²) in [5.74, 6) is 0. The molecule has 0 fully saturated rings. The molecule has 0 nitrogen and oxygen atoms in total. The number of hydrogen-bond acceptors (Lipinski definition) is 1. The average Bonchev–Trinajstić information content (AvgIpc) is 2.54. The van der Waals surface area contributed by atoms with E-state index in [1.807, 2.05) is 11.3 Å². The zero-order valence-electron chi connectivity index (χ0n) is 9.68. The Morgan fingerprint density at radius 3 is 2.50 bits per heavy atom. The molecule has 0 saturated carbocycles. The molecular weight excluding hydrogens is 188 g/mol. The zero-order chi connectivity index (χ0) is 10.4. The first-order valence-corrected chi connectivity index (χ1v) is 6.53. The van der Waals surface area contributed by atoms with E-state index >= 15 is 0 Å². The number of rotatable bonds is 5. The van der Waals surface area contributed by atoms with E-state index in [9.17, 15) is 0 Å². The molecule has 1 rings (SSSR count). The van der Waals surface area contributed by atoms with Crippen molar-refractivity contribution in [3.8, 4) is 0 Å². The van der Waals surface area contributed by atoms with Crippen molar-refractivity contribution in [3.05, 3.63) is 22.4 Å². The van der Waals surface area contributed by atoms with Crippen molar-refractivity contribution in [3.63, 3.8) is 0 Å². The van der Waals surface area contributed by atoms with Crippen LogP contribution in [-0.4, -0.2) is 0 Å². The van der Waals surface area contributed by atoms with Crippen molar-refractivity contribution in [2.75, 3.05) is 0 Å². The fraction of sp³-hybridized carbons (Fsp3) is 0.692. The molecule has 1 heteroatoms. The monoisotopic (exact) mass is 210 g/mol. The first kappa shape index (κ1) is 11.8. The number of aryl methyl sites for hydroxylation is 1. The molecule has 0 aliphatic carbocycles. The summed E-state index contributed by atoms with van der Waals surface area (Å²) in [6, 6.07) is 2.24. The van der Waals surface area contributed by atoms with Crippen molar-refractivity contribution in [2.45, 2.75) is 52.9 Å². The van der Waals surface area contributed by atoms with E-state index in [2.05, 4.69) is 37.6 Å². The first-order valence-electron chi connectivity index (χ1n) is 5.59. The van der Waals surface area contributed by atoms with Gasteiger partial charge in [-0.25, -0.2) is 0 Å². The minimum absolute atomic E-state index is 0.516. The molecule has 0 aliphatic heterocycles. The highest BCUT2D eigenvalue weighted by Gasteiger charge is 2.08. The number of thiophene rings is 1. The van der Waals surface area contributed by atoms with E-state index in [-0.39, 0.29) is 0 Å². The van der Waals surface area contributed by atoms with Gasteiger partial charge in [-0.1, -0.05) is 33.6 Å². The topological polar surface area (TPSA) is 0 Å². The highest BCUT2D eigenvalue weighted by Crippen LogP contribution is 2.22. The Hall–Kier alpha value is -0.300. The molecule has 0 N–H and O–H groups in total. The average molecular weight is 210 g/mol. The largest absolute Gasteiger partial charge is 0.152 e. The van der Waals surface area contributed by atoms with E-state index in [0.717, 1.165) is 0 Å². The summed E-state index contributed by atoms with van der Waals surface area (Å²) >= 11 is 1.81. The third-order valence-electron chi connectivity index (χ3n) is 2.47. The maximum Gasteiger partial charge on any atom is -0.00613 e. The van der Waals surface area contributed by atoms with Gasteiger partial charge in [-0.3, -0.25) is 0 Å². The van der Waals surface area contributed by atoms with Crippen LogP contribution >= 0.6 is 11.3 Å². The molecule has 1 heterocycles. The molecule has 1 aromatic rings. The normalized spacial score (nSPS) is 11.9. The second-order valence-corrected chi connectivity index (χ2v) is 6.03. The van der Waals surface area contributed by atoms with Crippen LogP contribution in [0.2, 0.25) is 0 Å². The van der Waals surface area contributed by atoms with Crippen LogP contribution in [0, 0.1) is 5.41 Å². The molecular formula is C13H22S. The minimum Gasteiger partial charge on any atom is -0.152 e. The molecule has 1 aromatic heterocycles. The van der Waals surface area contributed by atoms with Crippen molar-refractivity contribution in [2.24, 2.45) is 5.41 Å². The highest BCUT2D eigenvalue weighted by atomic mass is 32.1. The molecule has 0 amide bonds. The van der Waals surface area contributed by atoms with Crippen LogP contribution in [0.1, 0.15) is 52.0 Å². The molecule has 80 valence electrons. The van der Waals surface area contributed by atoms with Gasteiger partial charge in [0.1, 0.15) is 0 Å². The summed E-state index contributed by atoms with van der Waals surface area (Å²) in [4.78, 5) is 0. The van der Waals surface area contributed by atoms with Crippen LogP contribution in [0.25, 0.3) is 0 Å². The van der Waals surface area contributed by atoms with Crippen LogP contribution in [0.4, 0.5) is 0 Å². The Balaban J connectivity index is 2.00. The lowest BCUT2D eigenvalue weighted by Gasteiger charge is -2.17. The highest BCUT2D eigenvalue weighted by molar-refractivity contribution is 7.07. The van der Waals surface area contributed by atoms with Gasteiger partial charge < -0.3 is 0 Å². The van der Waals surface area contributed by atoms with Crippen molar-refractivity contribution in [1.29, 1.82) is 0 Å². The molecule has 0 radical (unpaired) electrons. The standard InChI is InChI=1S/C13H22S/c1-13(2,3)9-6-4-5-7-12-8-10-14-11-12/h8,10-11H,4-7,9H2,1-3H3. The summed E-state index contributed by atoms with van der Waals surface area (Å²) in [7, 11) is 0. The molecule has 0 saturated heterocycles. The fourth-order valence-corrected chi connectivity index (χ4v) is 2.30. The van der Waals surface area contributed by atoms with E-state index in [0.29, 0.717) is 5.41 Å². The van der Waals surface area contributed by atoms with E-state index in [4.69, 9.17) is 0 Å². The van der Waals surface area contributed by atoms with Crippen LogP contribution in [0.3, 0.4) is 0 Å². The van der Waals surface area contributed by atoms with Gasteiger partial charge in [0, 0.05) is 0 Å². The molecule has 0 aliphatic rings. The van der Waals surface area contributed by atoms with Crippen LogP contribution in [-0.2, 0) is 6.42 Å².